The lowest BCUT2D eigenvalue weighted by molar-refractivity contribution is 0.0947. The topological polar surface area (TPSA) is 67.2 Å². The van der Waals surface area contributed by atoms with Gasteiger partial charge >= 0.3 is 0 Å². The van der Waals surface area contributed by atoms with E-state index in [1.807, 2.05) is 12.1 Å². The number of carbonyl (C=O) groups excluding carboxylic acids is 1. The Kier molecular flexibility index (Phi) is 5.66. The molecule has 0 spiro atoms. The Morgan fingerprint density at radius 3 is 2.92 bits per heavy atom. The number of pyridine rings is 1. The molecule has 0 radical (unpaired) electrons. The molecule has 0 atom stereocenters. The van der Waals surface area contributed by atoms with Gasteiger partial charge in [0.2, 0.25) is 0 Å². The molecule has 5 heteroatoms. The molecule has 0 bridgehead atoms. The summed E-state index contributed by atoms with van der Waals surface area (Å²) in [6, 6.07) is 7.25. The third-order valence-corrected chi connectivity index (χ3v) is 4.17. The predicted octanol–water partition coefficient (Wildman–Crippen LogP) is 3.91. The van der Waals surface area contributed by atoms with Gasteiger partial charge in [0.15, 0.2) is 0 Å². The number of amides is 1. The summed E-state index contributed by atoms with van der Waals surface area (Å²) in [7, 11) is 0. The second-order valence-corrected chi connectivity index (χ2v) is 5.98. The Morgan fingerprint density at radius 2 is 2.21 bits per heavy atom. The Balaban J connectivity index is 1.44. The minimum atomic E-state index is -0.155. The van der Waals surface area contributed by atoms with Gasteiger partial charge in [0.1, 0.15) is 11.6 Å². The first kappa shape index (κ1) is 16.3. The minimum absolute atomic E-state index is 0.155. The van der Waals surface area contributed by atoms with Crippen molar-refractivity contribution in [3.63, 3.8) is 0 Å². The van der Waals surface area contributed by atoms with Crippen molar-refractivity contribution in [2.75, 3.05) is 11.9 Å². The molecule has 0 unspecified atom stereocenters. The van der Waals surface area contributed by atoms with Crippen molar-refractivity contribution in [1.82, 2.24) is 10.3 Å². The molecule has 24 heavy (non-hydrogen) atoms. The van der Waals surface area contributed by atoms with Crippen LogP contribution in [-0.4, -0.2) is 17.4 Å². The van der Waals surface area contributed by atoms with Crippen LogP contribution in [0.4, 0.5) is 5.82 Å². The van der Waals surface area contributed by atoms with Gasteiger partial charge in [0, 0.05) is 12.7 Å². The van der Waals surface area contributed by atoms with Gasteiger partial charge in [-0.2, -0.15) is 0 Å². The van der Waals surface area contributed by atoms with Crippen LogP contribution >= 0.6 is 0 Å². The summed E-state index contributed by atoms with van der Waals surface area (Å²) in [6.45, 7) is 1.25. The molecule has 2 aromatic heterocycles. The highest BCUT2D eigenvalue weighted by atomic mass is 16.3. The molecule has 5 nitrogen and oxygen atoms in total. The number of anilines is 1. The molecule has 1 aliphatic rings. The van der Waals surface area contributed by atoms with E-state index in [9.17, 15) is 4.79 Å². The van der Waals surface area contributed by atoms with Crippen molar-refractivity contribution in [3.8, 4) is 0 Å². The number of carbonyl (C=O) groups is 1. The SMILES string of the molecule is O=C(NCc1ccco1)c1ccc(NCCC2=CCCCC2)nc1. The van der Waals surface area contributed by atoms with E-state index in [4.69, 9.17) is 4.42 Å². The number of hydrogen-bond acceptors (Lipinski definition) is 4. The van der Waals surface area contributed by atoms with Crippen LogP contribution in [0.25, 0.3) is 0 Å². The van der Waals surface area contributed by atoms with Crippen LogP contribution < -0.4 is 10.6 Å². The maximum absolute atomic E-state index is 12.1. The van der Waals surface area contributed by atoms with Crippen molar-refractivity contribution in [2.45, 2.75) is 38.6 Å². The second-order valence-electron chi connectivity index (χ2n) is 5.98. The maximum atomic E-state index is 12.1. The number of rotatable bonds is 7. The first-order valence-electron chi connectivity index (χ1n) is 8.50. The summed E-state index contributed by atoms with van der Waals surface area (Å²) in [5.74, 6) is 1.37. The van der Waals surface area contributed by atoms with Crippen molar-refractivity contribution >= 4 is 11.7 Å². The molecule has 0 aromatic carbocycles. The molecule has 1 amide bonds. The van der Waals surface area contributed by atoms with Gasteiger partial charge < -0.3 is 15.1 Å². The smallest absolute Gasteiger partial charge is 0.253 e. The van der Waals surface area contributed by atoms with Gasteiger partial charge in [0.25, 0.3) is 5.91 Å². The van der Waals surface area contributed by atoms with E-state index in [0.29, 0.717) is 12.1 Å². The fraction of sp³-hybridized carbons (Fsp3) is 0.368. The van der Waals surface area contributed by atoms with Gasteiger partial charge in [-0.3, -0.25) is 4.79 Å². The van der Waals surface area contributed by atoms with E-state index in [-0.39, 0.29) is 5.91 Å². The predicted molar refractivity (Wildman–Crippen MR) is 93.8 cm³/mol. The van der Waals surface area contributed by atoms with E-state index in [0.717, 1.165) is 24.5 Å². The summed E-state index contributed by atoms with van der Waals surface area (Å²) in [5, 5.41) is 6.12. The summed E-state index contributed by atoms with van der Waals surface area (Å²) in [6.07, 6.45) is 11.7. The molecule has 2 aromatic rings. The Bertz CT molecular complexity index is 675. The third kappa shape index (κ3) is 4.72. The standard InChI is InChI=1S/C19H23N3O2/c23-19(22-14-17-7-4-12-24-17)16-8-9-18(21-13-16)20-11-10-15-5-2-1-3-6-15/h4-5,7-9,12-13H,1-3,6,10-11,14H2,(H,20,21)(H,22,23). The second kappa shape index (κ2) is 8.34. The summed E-state index contributed by atoms with van der Waals surface area (Å²) in [4.78, 5) is 16.4. The van der Waals surface area contributed by atoms with Crippen molar-refractivity contribution in [2.24, 2.45) is 0 Å². The number of allylic oxidation sites excluding steroid dienone is 1. The fourth-order valence-corrected chi connectivity index (χ4v) is 2.80. The van der Waals surface area contributed by atoms with Crippen molar-refractivity contribution in [3.05, 3.63) is 59.7 Å². The number of nitrogens with zero attached hydrogens (tertiary/aromatic N) is 1. The van der Waals surface area contributed by atoms with Crippen LogP contribution in [0, 0.1) is 0 Å². The molecule has 2 N–H and O–H groups in total. The quantitative estimate of drug-likeness (QED) is 0.758. The summed E-state index contributed by atoms with van der Waals surface area (Å²) in [5.41, 5.74) is 2.09. The van der Waals surface area contributed by atoms with E-state index >= 15 is 0 Å². The molecule has 3 rings (SSSR count). The Hall–Kier alpha value is -2.56. The first-order valence-corrected chi connectivity index (χ1v) is 8.50. The molecule has 0 fully saturated rings. The van der Waals surface area contributed by atoms with Crippen LogP contribution in [0.5, 0.6) is 0 Å². The highest BCUT2D eigenvalue weighted by molar-refractivity contribution is 5.93. The van der Waals surface area contributed by atoms with Gasteiger partial charge in [-0.25, -0.2) is 4.98 Å². The zero-order valence-electron chi connectivity index (χ0n) is 13.8. The van der Waals surface area contributed by atoms with Crippen LogP contribution in [-0.2, 0) is 6.54 Å². The van der Waals surface area contributed by atoms with Crippen LogP contribution in [0.1, 0.15) is 48.2 Å². The van der Waals surface area contributed by atoms with E-state index in [1.165, 1.54) is 25.7 Å². The minimum Gasteiger partial charge on any atom is -0.467 e. The van der Waals surface area contributed by atoms with E-state index in [2.05, 4.69) is 21.7 Å². The zero-order chi connectivity index (χ0) is 16.6. The van der Waals surface area contributed by atoms with Crippen molar-refractivity contribution < 1.29 is 9.21 Å². The lowest BCUT2D eigenvalue weighted by Crippen LogP contribution is -2.22. The third-order valence-electron chi connectivity index (χ3n) is 4.17. The number of furan rings is 1. The van der Waals surface area contributed by atoms with Gasteiger partial charge in [-0.05, 0) is 56.4 Å². The number of aromatic nitrogens is 1. The highest BCUT2D eigenvalue weighted by Crippen LogP contribution is 2.19. The molecule has 0 saturated carbocycles. The van der Waals surface area contributed by atoms with Gasteiger partial charge in [0.05, 0.1) is 18.4 Å². The van der Waals surface area contributed by atoms with Gasteiger partial charge in [-0.15, -0.1) is 0 Å². The number of nitrogens with one attached hydrogen (secondary N) is 2. The normalized spacial score (nSPS) is 14.1. The van der Waals surface area contributed by atoms with Gasteiger partial charge in [-0.1, -0.05) is 11.6 Å². The monoisotopic (exact) mass is 325 g/mol. The van der Waals surface area contributed by atoms with E-state index in [1.54, 1.807) is 30.2 Å². The molecule has 126 valence electrons. The lowest BCUT2D eigenvalue weighted by atomic mass is 9.97. The van der Waals surface area contributed by atoms with E-state index < -0.39 is 0 Å². The Labute approximate surface area is 142 Å². The fourth-order valence-electron chi connectivity index (χ4n) is 2.80. The molecule has 0 aliphatic heterocycles. The Morgan fingerprint density at radius 1 is 1.25 bits per heavy atom. The lowest BCUT2D eigenvalue weighted by Gasteiger charge is -2.13. The average molecular weight is 325 g/mol. The molecule has 0 saturated heterocycles. The number of hydrogen-bond donors (Lipinski definition) is 2. The molecular weight excluding hydrogens is 302 g/mol. The summed E-state index contributed by atoms with van der Waals surface area (Å²) < 4.78 is 5.19. The average Bonchev–Trinajstić information content (AvgIpc) is 3.15. The van der Waals surface area contributed by atoms with Crippen molar-refractivity contribution in [1.29, 1.82) is 0 Å². The zero-order valence-corrected chi connectivity index (χ0v) is 13.8. The van der Waals surface area contributed by atoms with Crippen LogP contribution in [0.3, 0.4) is 0 Å². The largest absolute Gasteiger partial charge is 0.467 e. The molecular formula is C19H23N3O2. The highest BCUT2D eigenvalue weighted by Gasteiger charge is 2.07. The molecule has 2 heterocycles. The summed E-state index contributed by atoms with van der Waals surface area (Å²) >= 11 is 0. The maximum Gasteiger partial charge on any atom is 0.253 e. The first-order chi connectivity index (χ1) is 11.8. The van der Waals surface area contributed by atoms with Crippen LogP contribution in [0.15, 0.2) is 52.8 Å². The molecule has 1 aliphatic carbocycles. The van der Waals surface area contributed by atoms with Crippen LogP contribution in [0.2, 0.25) is 0 Å².